The Bertz CT molecular complexity index is 425. The summed E-state index contributed by atoms with van der Waals surface area (Å²) in [5.41, 5.74) is 7.22. The average molecular weight is 234 g/mol. The summed E-state index contributed by atoms with van der Waals surface area (Å²) in [6, 6.07) is 3.49. The van der Waals surface area contributed by atoms with Crippen LogP contribution in [0.1, 0.15) is 18.7 Å². The molecule has 1 atom stereocenters. The number of nitrogens with two attached hydrogens (primary N) is 1. The fourth-order valence-electron chi connectivity index (χ4n) is 1.67. The van der Waals surface area contributed by atoms with Crippen molar-refractivity contribution in [1.29, 1.82) is 0 Å². The van der Waals surface area contributed by atoms with Gasteiger partial charge in [-0.15, -0.1) is 0 Å². The van der Waals surface area contributed by atoms with Crippen LogP contribution in [0, 0.1) is 0 Å². The van der Waals surface area contributed by atoms with Crippen molar-refractivity contribution in [1.82, 2.24) is 10.3 Å². The van der Waals surface area contributed by atoms with Crippen LogP contribution in [0.15, 0.2) is 18.3 Å². The predicted molar refractivity (Wildman–Crippen MR) is 62.2 cm³/mol. The Kier molecular flexibility index (Phi) is 3.06. The maximum absolute atomic E-state index is 11.2. The fourth-order valence-corrected chi connectivity index (χ4v) is 1.67. The molecule has 3 N–H and O–H groups in total. The molecular formula is C11H14N4O2. The van der Waals surface area contributed by atoms with E-state index in [0.717, 1.165) is 11.4 Å². The zero-order chi connectivity index (χ0) is 12.4. The molecule has 0 radical (unpaired) electrons. The van der Waals surface area contributed by atoms with Gasteiger partial charge in [0.2, 0.25) is 11.8 Å². The lowest BCUT2D eigenvalue weighted by Gasteiger charge is -2.27. The van der Waals surface area contributed by atoms with Gasteiger partial charge in [-0.25, -0.2) is 0 Å². The molecule has 2 rings (SSSR count). The highest BCUT2D eigenvalue weighted by atomic mass is 16.2. The minimum atomic E-state index is -0.294. The summed E-state index contributed by atoms with van der Waals surface area (Å²) < 4.78 is 0. The summed E-state index contributed by atoms with van der Waals surface area (Å²) in [6.07, 6.45) is 1.63. The fraction of sp³-hybridized carbons (Fsp3) is 0.364. The SMILES string of the molecule is C[C@@H](N)c1ccc(N2CC(=O)NC(=O)C2)cn1. The van der Waals surface area contributed by atoms with Crippen molar-refractivity contribution in [3.05, 3.63) is 24.0 Å². The van der Waals surface area contributed by atoms with Crippen molar-refractivity contribution in [2.75, 3.05) is 18.0 Å². The molecular weight excluding hydrogens is 220 g/mol. The van der Waals surface area contributed by atoms with Crippen molar-refractivity contribution < 1.29 is 9.59 Å². The normalized spacial score (nSPS) is 17.9. The number of amides is 2. The van der Waals surface area contributed by atoms with Crippen LogP contribution in [-0.2, 0) is 9.59 Å². The van der Waals surface area contributed by atoms with E-state index in [2.05, 4.69) is 10.3 Å². The van der Waals surface area contributed by atoms with Gasteiger partial charge < -0.3 is 10.6 Å². The van der Waals surface area contributed by atoms with Crippen LogP contribution in [-0.4, -0.2) is 29.9 Å². The van der Waals surface area contributed by atoms with Crippen molar-refractivity contribution in [3.63, 3.8) is 0 Å². The second-order valence-electron chi connectivity index (χ2n) is 4.06. The number of hydrogen-bond donors (Lipinski definition) is 2. The molecule has 1 aliphatic heterocycles. The largest absolute Gasteiger partial charge is 0.352 e. The van der Waals surface area contributed by atoms with Crippen molar-refractivity contribution in [3.8, 4) is 0 Å². The van der Waals surface area contributed by atoms with Gasteiger partial charge >= 0.3 is 0 Å². The van der Waals surface area contributed by atoms with E-state index in [1.165, 1.54) is 0 Å². The van der Waals surface area contributed by atoms with E-state index in [-0.39, 0.29) is 30.9 Å². The van der Waals surface area contributed by atoms with Gasteiger partial charge in [0.1, 0.15) is 0 Å². The molecule has 6 nitrogen and oxygen atoms in total. The Morgan fingerprint density at radius 2 is 2.00 bits per heavy atom. The summed E-state index contributed by atoms with van der Waals surface area (Å²) in [5.74, 6) is -0.588. The lowest BCUT2D eigenvalue weighted by Crippen LogP contribution is -2.51. The molecule has 1 aliphatic rings. The van der Waals surface area contributed by atoms with Crippen LogP contribution in [0.25, 0.3) is 0 Å². The number of imide groups is 1. The average Bonchev–Trinajstić information content (AvgIpc) is 2.28. The molecule has 0 aromatic carbocycles. The lowest BCUT2D eigenvalue weighted by molar-refractivity contribution is -0.130. The van der Waals surface area contributed by atoms with Gasteiger partial charge in [-0.2, -0.15) is 0 Å². The second kappa shape index (κ2) is 4.50. The second-order valence-corrected chi connectivity index (χ2v) is 4.06. The minimum absolute atomic E-state index is 0.129. The Morgan fingerprint density at radius 1 is 1.35 bits per heavy atom. The molecule has 2 amide bonds. The van der Waals surface area contributed by atoms with Crippen molar-refractivity contribution in [2.24, 2.45) is 5.73 Å². The number of anilines is 1. The molecule has 17 heavy (non-hydrogen) atoms. The van der Waals surface area contributed by atoms with Gasteiger partial charge in [-0.3, -0.25) is 19.9 Å². The first-order valence-electron chi connectivity index (χ1n) is 5.35. The van der Waals surface area contributed by atoms with Crippen LogP contribution >= 0.6 is 0 Å². The molecule has 90 valence electrons. The Labute approximate surface area is 98.8 Å². The molecule has 2 heterocycles. The van der Waals surface area contributed by atoms with Gasteiger partial charge in [0.15, 0.2) is 0 Å². The number of nitrogens with zero attached hydrogens (tertiary/aromatic N) is 2. The van der Waals surface area contributed by atoms with E-state index in [0.29, 0.717) is 0 Å². The summed E-state index contributed by atoms with van der Waals surface area (Å²) in [7, 11) is 0. The molecule has 1 fully saturated rings. The standard InChI is InChI=1S/C11H14N4O2/c1-7(12)9-3-2-8(4-13-9)15-5-10(16)14-11(17)6-15/h2-4,7H,5-6,12H2,1H3,(H,14,16,17)/t7-/m1/s1. The third kappa shape index (κ3) is 2.59. The number of carbonyl (C=O) groups is 2. The van der Waals surface area contributed by atoms with Crippen LogP contribution in [0.3, 0.4) is 0 Å². The monoisotopic (exact) mass is 234 g/mol. The molecule has 1 saturated heterocycles. The van der Waals surface area contributed by atoms with Crippen LogP contribution in [0.2, 0.25) is 0 Å². The number of pyridine rings is 1. The number of aromatic nitrogens is 1. The minimum Gasteiger partial charge on any atom is -0.352 e. The number of rotatable bonds is 2. The van der Waals surface area contributed by atoms with E-state index < -0.39 is 0 Å². The lowest BCUT2D eigenvalue weighted by atomic mass is 10.2. The molecule has 6 heteroatoms. The van der Waals surface area contributed by atoms with Gasteiger partial charge in [0, 0.05) is 6.04 Å². The first-order chi connectivity index (χ1) is 8.06. The predicted octanol–water partition coefficient (Wildman–Crippen LogP) is -0.436. The Morgan fingerprint density at radius 3 is 2.47 bits per heavy atom. The van der Waals surface area contributed by atoms with Gasteiger partial charge in [-0.1, -0.05) is 0 Å². The molecule has 0 bridgehead atoms. The number of piperazine rings is 1. The summed E-state index contributed by atoms with van der Waals surface area (Å²) in [4.78, 5) is 28.3. The third-order valence-corrected chi connectivity index (χ3v) is 2.55. The topological polar surface area (TPSA) is 88.3 Å². The molecule has 0 saturated carbocycles. The van der Waals surface area contributed by atoms with E-state index in [9.17, 15) is 9.59 Å². The highest BCUT2D eigenvalue weighted by Crippen LogP contribution is 2.16. The summed E-state index contributed by atoms with van der Waals surface area (Å²) in [5, 5.41) is 2.25. The summed E-state index contributed by atoms with van der Waals surface area (Å²) in [6.45, 7) is 2.19. The van der Waals surface area contributed by atoms with E-state index in [1.54, 1.807) is 17.2 Å². The molecule has 0 unspecified atom stereocenters. The Balaban J connectivity index is 2.16. The molecule has 0 spiro atoms. The number of hydrogen-bond acceptors (Lipinski definition) is 5. The molecule has 1 aromatic rings. The first kappa shape index (κ1) is 11.5. The molecule has 1 aromatic heterocycles. The summed E-state index contributed by atoms with van der Waals surface area (Å²) >= 11 is 0. The first-order valence-corrected chi connectivity index (χ1v) is 5.35. The van der Waals surface area contributed by atoms with Gasteiger partial charge in [-0.05, 0) is 19.1 Å². The Hall–Kier alpha value is -1.95. The third-order valence-electron chi connectivity index (χ3n) is 2.55. The zero-order valence-electron chi connectivity index (χ0n) is 9.51. The zero-order valence-corrected chi connectivity index (χ0v) is 9.51. The van der Waals surface area contributed by atoms with Crippen LogP contribution in [0.5, 0.6) is 0 Å². The van der Waals surface area contributed by atoms with Crippen molar-refractivity contribution in [2.45, 2.75) is 13.0 Å². The van der Waals surface area contributed by atoms with Crippen molar-refractivity contribution >= 4 is 17.5 Å². The van der Waals surface area contributed by atoms with E-state index in [4.69, 9.17) is 5.73 Å². The highest BCUT2D eigenvalue weighted by Gasteiger charge is 2.22. The molecule has 0 aliphatic carbocycles. The smallest absolute Gasteiger partial charge is 0.246 e. The van der Waals surface area contributed by atoms with E-state index >= 15 is 0 Å². The maximum Gasteiger partial charge on any atom is 0.246 e. The van der Waals surface area contributed by atoms with E-state index in [1.807, 2.05) is 13.0 Å². The van der Waals surface area contributed by atoms with Crippen LogP contribution in [0.4, 0.5) is 5.69 Å². The number of nitrogens with one attached hydrogen (secondary N) is 1. The highest BCUT2D eigenvalue weighted by molar-refractivity contribution is 6.02. The quantitative estimate of drug-likeness (QED) is 0.677. The van der Waals surface area contributed by atoms with Gasteiger partial charge in [0.25, 0.3) is 0 Å². The maximum atomic E-state index is 11.2. The number of carbonyl (C=O) groups excluding carboxylic acids is 2. The van der Waals surface area contributed by atoms with Gasteiger partial charge in [0.05, 0.1) is 30.7 Å². The van der Waals surface area contributed by atoms with Crippen LogP contribution < -0.4 is 16.0 Å².